The molecular weight excluding hydrogens is 424 g/mol. The minimum atomic E-state index is -1.00. The minimum Gasteiger partial charge on any atom is -0.507 e. The first-order valence-electron chi connectivity index (χ1n) is 10.1. The van der Waals surface area contributed by atoms with Crippen LogP contribution in [-0.4, -0.2) is 43.1 Å². The summed E-state index contributed by atoms with van der Waals surface area (Å²) >= 11 is 0. The fraction of sp³-hybridized carbons (Fsp3) is 0.160. The maximum atomic E-state index is 13.3. The Morgan fingerprint density at radius 1 is 0.939 bits per heavy atom. The predicted octanol–water partition coefficient (Wildman–Crippen LogP) is 3.73. The van der Waals surface area contributed by atoms with Crippen LogP contribution in [0.5, 0.6) is 17.2 Å². The third-order valence-electron chi connectivity index (χ3n) is 5.41. The van der Waals surface area contributed by atoms with Gasteiger partial charge in [0.05, 0.1) is 26.9 Å². The van der Waals surface area contributed by atoms with E-state index in [4.69, 9.17) is 14.2 Å². The third kappa shape index (κ3) is 3.76. The van der Waals surface area contributed by atoms with Crippen LogP contribution < -0.4 is 19.1 Å². The summed E-state index contributed by atoms with van der Waals surface area (Å²) in [6, 6.07) is 15.8. The van der Waals surface area contributed by atoms with Gasteiger partial charge >= 0.3 is 5.91 Å². The summed E-state index contributed by atoms with van der Waals surface area (Å²) in [5.74, 6) is -0.468. The first-order chi connectivity index (χ1) is 16.0. The highest BCUT2D eigenvalue weighted by Gasteiger charge is 2.48. The van der Waals surface area contributed by atoms with E-state index in [0.29, 0.717) is 28.4 Å². The topological polar surface area (TPSA) is 98.2 Å². The molecule has 1 aliphatic heterocycles. The molecule has 3 aromatic rings. The Morgan fingerprint density at radius 2 is 1.73 bits per heavy atom. The van der Waals surface area contributed by atoms with Crippen LogP contribution in [0.1, 0.15) is 17.2 Å². The van der Waals surface area contributed by atoms with E-state index in [1.165, 1.54) is 32.4 Å². The number of carbonyl (C=O) groups excluding carboxylic acids is 2. The molecule has 0 aliphatic carbocycles. The number of rotatable bonds is 6. The van der Waals surface area contributed by atoms with Crippen LogP contribution in [0.2, 0.25) is 0 Å². The molecule has 2 aromatic carbocycles. The van der Waals surface area contributed by atoms with Gasteiger partial charge in [0.25, 0.3) is 5.78 Å². The Hall–Kier alpha value is -4.33. The molecule has 0 spiro atoms. The van der Waals surface area contributed by atoms with Crippen LogP contribution in [0.15, 0.2) is 72.4 Å². The van der Waals surface area contributed by atoms with Gasteiger partial charge in [0, 0.05) is 17.3 Å². The molecule has 4 rings (SSSR count). The van der Waals surface area contributed by atoms with Crippen LogP contribution in [0.25, 0.3) is 5.76 Å². The van der Waals surface area contributed by atoms with E-state index >= 15 is 0 Å². The summed E-state index contributed by atoms with van der Waals surface area (Å²) in [5, 5.41) is 11.2. The van der Waals surface area contributed by atoms with Crippen molar-refractivity contribution in [2.45, 2.75) is 6.04 Å². The Kier molecular flexibility index (Phi) is 5.99. The molecule has 8 nitrogen and oxygen atoms in total. The molecule has 168 valence electrons. The van der Waals surface area contributed by atoms with E-state index in [-0.39, 0.29) is 17.2 Å². The molecule has 1 fully saturated rings. The maximum absolute atomic E-state index is 13.3. The second-order valence-electron chi connectivity index (χ2n) is 7.17. The van der Waals surface area contributed by atoms with Crippen molar-refractivity contribution in [1.82, 2.24) is 4.98 Å². The molecule has 1 aliphatic rings. The standard InChI is InChI=1S/C25H22N2O6/c1-31-16-9-6-8-15(14-16)22(28)20-21(17-10-7-11-18(32-2)24(17)33-3)27(25(30)23(20)29)19-12-4-5-13-26-19/h4-14,21,28H,1-3H3/t21-/m1/s1. The molecule has 0 radical (unpaired) electrons. The lowest BCUT2D eigenvalue weighted by Crippen LogP contribution is -2.30. The Bertz CT molecular complexity index is 1240. The molecule has 1 atom stereocenters. The lowest BCUT2D eigenvalue weighted by Gasteiger charge is -2.26. The van der Waals surface area contributed by atoms with Gasteiger partial charge < -0.3 is 19.3 Å². The number of aromatic nitrogens is 1. The molecule has 0 unspecified atom stereocenters. The number of anilines is 1. The first-order valence-corrected chi connectivity index (χ1v) is 10.1. The highest BCUT2D eigenvalue weighted by Crippen LogP contribution is 2.46. The van der Waals surface area contributed by atoms with E-state index in [9.17, 15) is 14.7 Å². The zero-order valence-corrected chi connectivity index (χ0v) is 18.3. The molecule has 1 aromatic heterocycles. The van der Waals surface area contributed by atoms with Crippen molar-refractivity contribution < 1.29 is 28.9 Å². The Labute approximate surface area is 190 Å². The number of para-hydroxylation sites is 1. The van der Waals surface area contributed by atoms with E-state index in [0.717, 1.165) is 0 Å². The van der Waals surface area contributed by atoms with Gasteiger partial charge in [-0.15, -0.1) is 0 Å². The number of hydrogen-bond acceptors (Lipinski definition) is 7. The average molecular weight is 446 g/mol. The number of benzene rings is 2. The first kappa shape index (κ1) is 21.9. The zero-order valence-electron chi connectivity index (χ0n) is 18.3. The molecule has 0 saturated carbocycles. The highest BCUT2D eigenvalue weighted by atomic mass is 16.5. The van der Waals surface area contributed by atoms with Crippen molar-refractivity contribution >= 4 is 23.3 Å². The van der Waals surface area contributed by atoms with Crippen LogP contribution in [0.3, 0.4) is 0 Å². The Balaban J connectivity index is 2.01. The Morgan fingerprint density at radius 3 is 2.39 bits per heavy atom. The SMILES string of the molecule is COc1cccc(C(O)=C2C(=O)C(=O)N(c3ccccn3)[C@@H]2c2cccc(OC)c2OC)c1. The van der Waals surface area contributed by atoms with Gasteiger partial charge in [-0.3, -0.25) is 14.5 Å². The van der Waals surface area contributed by atoms with E-state index in [1.807, 2.05) is 0 Å². The number of hydrogen-bond donors (Lipinski definition) is 1. The molecular formula is C25H22N2O6. The van der Waals surface area contributed by atoms with E-state index in [2.05, 4.69) is 4.98 Å². The number of ketones is 1. The van der Waals surface area contributed by atoms with Gasteiger partial charge in [0.2, 0.25) is 0 Å². The summed E-state index contributed by atoms with van der Waals surface area (Å²) in [6.07, 6.45) is 1.52. The van der Waals surface area contributed by atoms with Crippen molar-refractivity contribution in [3.63, 3.8) is 0 Å². The highest BCUT2D eigenvalue weighted by molar-refractivity contribution is 6.51. The lowest BCUT2D eigenvalue weighted by atomic mass is 9.94. The van der Waals surface area contributed by atoms with Gasteiger partial charge in [0.1, 0.15) is 23.4 Å². The van der Waals surface area contributed by atoms with Gasteiger partial charge in [-0.25, -0.2) is 4.98 Å². The number of Topliss-reactive ketones (excluding diaryl/α,β-unsaturated/α-hetero) is 1. The van der Waals surface area contributed by atoms with Crippen molar-refractivity contribution in [2.75, 3.05) is 26.2 Å². The van der Waals surface area contributed by atoms with Gasteiger partial charge in [-0.1, -0.05) is 30.3 Å². The number of ether oxygens (including phenoxy) is 3. The average Bonchev–Trinajstić information content (AvgIpc) is 3.13. The number of aliphatic hydroxyl groups excluding tert-OH is 1. The molecule has 1 amide bonds. The summed E-state index contributed by atoms with van der Waals surface area (Å²) in [5.41, 5.74) is 0.705. The minimum absolute atomic E-state index is 0.0922. The quantitative estimate of drug-likeness (QED) is 0.350. The monoisotopic (exact) mass is 446 g/mol. The predicted molar refractivity (Wildman–Crippen MR) is 122 cm³/mol. The van der Waals surface area contributed by atoms with Gasteiger partial charge in [-0.05, 0) is 30.3 Å². The molecule has 33 heavy (non-hydrogen) atoms. The van der Waals surface area contributed by atoms with Crippen LogP contribution in [0.4, 0.5) is 5.82 Å². The second kappa shape index (κ2) is 9.04. The summed E-state index contributed by atoms with van der Waals surface area (Å²) in [7, 11) is 4.46. The lowest BCUT2D eigenvalue weighted by molar-refractivity contribution is -0.132. The summed E-state index contributed by atoms with van der Waals surface area (Å²) < 4.78 is 16.2. The van der Waals surface area contributed by atoms with Crippen molar-refractivity contribution in [3.8, 4) is 17.2 Å². The van der Waals surface area contributed by atoms with E-state index < -0.39 is 17.7 Å². The number of aliphatic hydroxyl groups is 1. The second-order valence-corrected chi connectivity index (χ2v) is 7.17. The van der Waals surface area contributed by atoms with Crippen molar-refractivity contribution in [1.29, 1.82) is 0 Å². The molecule has 8 heteroatoms. The molecule has 2 heterocycles. The summed E-state index contributed by atoms with van der Waals surface area (Å²) in [6.45, 7) is 0. The van der Waals surface area contributed by atoms with Crippen molar-refractivity contribution in [3.05, 3.63) is 83.6 Å². The zero-order chi connectivity index (χ0) is 23.5. The fourth-order valence-corrected chi connectivity index (χ4v) is 3.91. The van der Waals surface area contributed by atoms with Gasteiger partial charge in [0.15, 0.2) is 11.5 Å². The normalized spacial score (nSPS) is 17.2. The van der Waals surface area contributed by atoms with Crippen LogP contribution in [0, 0.1) is 0 Å². The smallest absolute Gasteiger partial charge is 0.301 e. The maximum Gasteiger partial charge on any atom is 0.301 e. The molecule has 0 bridgehead atoms. The van der Waals surface area contributed by atoms with E-state index in [1.54, 1.807) is 60.7 Å². The largest absolute Gasteiger partial charge is 0.507 e. The van der Waals surface area contributed by atoms with Crippen LogP contribution >= 0.6 is 0 Å². The van der Waals surface area contributed by atoms with Gasteiger partial charge in [-0.2, -0.15) is 0 Å². The third-order valence-corrected chi connectivity index (χ3v) is 5.41. The number of amides is 1. The van der Waals surface area contributed by atoms with Crippen LogP contribution in [-0.2, 0) is 9.59 Å². The fourth-order valence-electron chi connectivity index (χ4n) is 3.91. The van der Waals surface area contributed by atoms with Crippen molar-refractivity contribution in [2.24, 2.45) is 0 Å². The number of nitrogens with zero attached hydrogens (tertiary/aromatic N) is 2. The summed E-state index contributed by atoms with van der Waals surface area (Å²) in [4.78, 5) is 32.0. The molecule has 1 N–H and O–H groups in total. The number of methoxy groups -OCH3 is 3. The number of carbonyl (C=O) groups is 2. The molecule has 1 saturated heterocycles. The number of pyridine rings is 1.